The van der Waals surface area contributed by atoms with E-state index in [-0.39, 0.29) is 11.4 Å². The molecule has 1 aliphatic heterocycles. The first-order valence-corrected chi connectivity index (χ1v) is 11.0. The lowest BCUT2D eigenvalue weighted by Gasteiger charge is -2.29. The van der Waals surface area contributed by atoms with Crippen LogP contribution in [0.2, 0.25) is 0 Å². The highest BCUT2D eigenvalue weighted by Crippen LogP contribution is 2.34. The summed E-state index contributed by atoms with van der Waals surface area (Å²) in [7, 11) is 1.99. The minimum absolute atomic E-state index is 0.110. The molecule has 0 aliphatic carbocycles. The summed E-state index contributed by atoms with van der Waals surface area (Å²) in [6.07, 6.45) is 1.71. The Morgan fingerprint density at radius 3 is 2.74 bits per heavy atom. The number of nitrogens with one attached hydrogen (secondary N) is 1. The van der Waals surface area contributed by atoms with Crippen LogP contribution in [-0.2, 0) is 13.0 Å². The summed E-state index contributed by atoms with van der Waals surface area (Å²) in [4.78, 5) is 23.6. The molecule has 0 saturated heterocycles. The second-order valence-corrected chi connectivity index (χ2v) is 8.55. The van der Waals surface area contributed by atoms with Crippen molar-refractivity contribution >= 4 is 28.3 Å². The van der Waals surface area contributed by atoms with Gasteiger partial charge in [-0.2, -0.15) is 4.98 Å². The van der Waals surface area contributed by atoms with Gasteiger partial charge in [-0.15, -0.1) is 0 Å². The number of carbonyl (C=O) groups is 1. The Labute approximate surface area is 195 Å². The van der Waals surface area contributed by atoms with Gasteiger partial charge in [0.2, 0.25) is 11.9 Å². The average molecular weight is 463 g/mol. The molecule has 0 bridgehead atoms. The van der Waals surface area contributed by atoms with Crippen molar-refractivity contribution in [3.8, 4) is 5.95 Å². The summed E-state index contributed by atoms with van der Waals surface area (Å²) in [6, 6.07) is 10.7. The highest BCUT2D eigenvalue weighted by atomic mass is 19.1. The van der Waals surface area contributed by atoms with Gasteiger partial charge in [0, 0.05) is 31.2 Å². The fraction of sp³-hybridized carbons (Fsp3) is 0.240. The number of aryl methyl sites for hydroxylation is 2. The molecule has 34 heavy (non-hydrogen) atoms. The maximum Gasteiger partial charge on any atom is 0.249 e. The van der Waals surface area contributed by atoms with Crippen molar-refractivity contribution in [2.45, 2.75) is 26.3 Å². The van der Waals surface area contributed by atoms with Crippen LogP contribution in [0.25, 0.3) is 16.9 Å². The van der Waals surface area contributed by atoms with Crippen LogP contribution < -0.4 is 16.0 Å². The molecular formula is C25H24F2N6O. The molecule has 0 spiro atoms. The molecule has 7 nitrogen and oxygen atoms in total. The number of halogens is 2. The van der Waals surface area contributed by atoms with Crippen molar-refractivity contribution < 1.29 is 13.6 Å². The van der Waals surface area contributed by atoms with E-state index in [1.165, 1.54) is 18.2 Å². The minimum Gasteiger partial charge on any atom is -0.370 e. The monoisotopic (exact) mass is 462 g/mol. The molecule has 0 unspecified atom stereocenters. The summed E-state index contributed by atoms with van der Waals surface area (Å²) in [5.74, 6) is -0.595. The number of benzene rings is 2. The van der Waals surface area contributed by atoms with E-state index in [1.807, 2.05) is 20.0 Å². The van der Waals surface area contributed by atoms with Crippen molar-refractivity contribution in [3.63, 3.8) is 0 Å². The molecule has 2 aromatic carbocycles. The summed E-state index contributed by atoms with van der Waals surface area (Å²) in [5.41, 5.74) is 9.35. The third-order valence-corrected chi connectivity index (χ3v) is 6.12. The van der Waals surface area contributed by atoms with Crippen LogP contribution in [0.1, 0.15) is 33.7 Å². The highest BCUT2D eigenvalue weighted by molar-refractivity contribution is 6.06. The number of hydrogen-bond donors (Lipinski definition) is 2. The first kappa shape index (κ1) is 21.8. The number of hydrogen-bond acceptors (Lipinski definition) is 5. The number of anilines is 2. The fourth-order valence-corrected chi connectivity index (χ4v) is 4.59. The van der Waals surface area contributed by atoms with Gasteiger partial charge in [0.25, 0.3) is 0 Å². The van der Waals surface area contributed by atoms with Gasteiger partial charge in [-0.25, -0.2) is 13.8 Å². The number of amides is 1. The van der Waals surface area contributed by atoms with Crippen molar-refractivity contribution in [3.05, 3.63) is 76.6 Å². The second kappa shape index (κ2) is 8.40. The Bertz CT molecular complexity index is 1430. The van der Waals surface area contributed by atoms with Gasteiger partial charge in [-0.1, -0.05) is 12.1 Å². The molecule has 2 aromatic heterocycles. The number of nitrogens with two attached hydrogens (primary N) is 1. The van der Waals surface area contributed by atoms with Crippen LogP contribution in [-0.4, -0.2) is 34.0 Å². The summed E-state index contributed by atoms with van der Waals surface area (Å²) in [6.45, 7) is 3.08. The smallest absolute Gasteiger partial charge is 0.249 e. The topological polar surface area (TPSA) is 89.1 Å². The molecule has 3 heterocycles. The van der Waals surface area contributed by atoms with E-state index in [2.05, 4.69) is 10.2 Å². The third kappa shape index (κ3) is 3.83. The molecule has 5 rings (SSSR count). The van der Waals surface area contributed by atoms with E-state index in [0.29, 0.717) is 29.2 Å². The third-order valence-electron chi connectivity index (χ3n) is 6.12. The molecule has 1 amide bonds. The maximum absolute atomic E-state index is 14.4. The van der Waals surface area contributed by atoms with Crippen LogP contribution in [0.5, 0.6) is 0 Å². The van der Waals surface area contributed by atoms with E-state index >= 15 is 0 Å². The van der Waals surface area contributed by atoms with Crippen LogP contribution in [0.3, 0.4) is 0 Å². The van der Waals surface area contributed by atoms with Gasteiger partial charge in [-0.3, -0.25) is 9.36 Å². The van der Waals surface area contributed by atoms with Crippen molar-refractivity contribution in [2.75, 3.05) is 23.8 Å². The van der Waals surface area contributed by atoms with E-state index in [1.54, 1.807) is 16.7 Å². The quantitative estimate of drug-likeness (QED) is 0.466. The average Bonchev–Trinajstić information content (AvgIpc) is 3.12. The summed E-state index contributed by atoms with van der Waals surface area (Å²) in [5, 5.41) is 3.88. The van der Waals surface area contributed by atoms with E-state index < -0.39 is 11.7 Å². The molecule has 1 aliphatic rings. The number of rotatable bonds is 5. The second-order valence-electron chi connectivity index (χ2n) is 8.55. The Kier molecular flexibility index (Phi) is 5.39. The van der Waals surface area contributed by atoms with Crippen molar-refractivity contribution in [2.24, 2.45) is 5.73 Å². The Hall–Kier alpha value is -4.01. The lowest BCUT2D eigenvalue weighted by molar-refractivity contribution is 0.100. The Morgan fingerprint density at radius 1 is 1.15 bits per heavy atom. The lowest BCUT2D eigenvalue weighted by atomic mass is 10.1. The highest BCUT2D eigenvalue weighted by Gasteiger charge is 2.24. The molecule has 0 atom stereocenters. The van der Waals surface area contributed by atoms with Crippen LogP contribution in [0.4, 0.5) is 20.3 Å². The lowest BCUT2D eigenvalue weighted by Crippen LogP contribution is -2.28. The number of aromatic nitrogens is 3. The molecule has 0 radical (unpaired) electrons. The zero-order chi connectivity index (χ0) is 24.0. The number of carbonyl (C=O) groups excluding carboxylic acids is 1. The first-order valence-electron chi connectivity index (χ1n) is 11.0. The summed E-state index contributed by atoms with van der Waals surface area (Å²) < 4.78 is 29.8. The number of nitrogens with zero attached hydrogens (tertiary/aromatic N) is 4. The zero-order valence-corrected chi connectivity index (χ0v) is 18.9. The van der Waals surface area contributed by atoms with Gasteiger partial charge < -0.3 is 16.0 Å². The molecule has 9 heteroatoms. The summed E-state index contributed by atoms with van der Waals surface area (Å²) >= 11 is 0. The maximum atomic E-state index is 14.4. The molecule has 0 saturated carbocycles. The van der Waals surface area contributed by atoms with Gasteiger partial charge in [-0.05, 0) is 55.7 Å². The predicted molar refractivity (Wildman–Crippen MR) is 127 cm³/mol. The number of primary amides is 1. The fourth-order valence-electron chi connectivity index (χ4n) is 4.59. The Balaban J connectivity index is 1.66. The van der Waals surface area contributed by atoms with Crippen LogP contribution in [0, 0.1) is 18.6 Å². The van der Waals surface area contributed by atoms with Gasteiger partial charge in [0.05, 0.1) is 16.8 Å². The van der Waals surface area contributed by atoms with Crippen LogP contribution in [0.15, 0.2) is 42.5 Å². The SMILES string of the molecule is Cc1cc2c(C(N)=O)cc(F)cc2n1-c1nc2c(c(NCc3cccc(F)c3)n1)N(C)CCC2. The van der Waals surface area contributed by atoms with E-state index in [4.69, 9.17) is 15.7 Å². The van der Waals surface area contributed by atoms with Crippen LogP contribution >= 0.6 is 0 Å². The predicted octanol–water partition coefficient (Wildman–Crippen LogP) is 4.10. The van der Waals surface area contributed by atoms with Gasteiger partial charge >= 0.3 is 0 Å². The van der Waals surface area contributed by atoms with E-state index in [0.717, 1.165) is 48.1 Å². The minimum atomic E-state index is -0.702. The molecule has 174 valence electrons. The normalized spacial score (nSPS) is 13.2. The van der Waals surface area contributed by atoms with Gasteiger partial charge in [0.15, 0.2) is 5.82 Å². The number of fused-ring (bicyclic) bond motifs is 2. The van der Waals surface area contributed by atoms with Crippen molar-refractivity contribution in [1.29, 1.82) is 0 Å². The van der Waals surface area contributed by atoms with E-state index in [9.17, 15) is 13.6 Å². The molecular weight excluding hydrogens is 438 g/mol. The first-order chi connectivity index (χ1) is 16.3. The van der Waals surface area contributed by atoms with Crippen molar-refractivity contribution in [1.82, 2.24) is 14.5 Å². The molecule has 0 fully saturated rings. The largest absolute Gasteiger partial charge is 0.370 e. The Morgan fingerprint density at radius 2 is 1.97 bits per heavy atom. The molecule has 3 N–H and O–H groups in total. The standard InChI is InChI=1S/C25H24F2N6O/c1-14-9-18-19(23(28)34)11-17(27)12-21(18)33(14)25-30-20-7-4-8-32(2)22(20)24(31-25)29-13-15-5-3-6-16(26)10-15/h3,5-6,9-12H,4,7-8,13H2,1-2H3,(H2,28,34)(H,29,30,31). The molecule has 4 aromatic rings. The van der Waals surface area contributed by atoms with Gasteiger partial charge in [0.1, 0.15) is 17.3 Å². The zero-order valence-electron chi connectivity index (χ0n) is 18.9.